The number of nitrogens with one attached hydrogen (secondary N) is 1. The number of aromatic nitrogens is 2. The molecule has 1 aliphatic heterocycles. The molecule has 144 valence electrons. The van der Waals surface area contributed by atoms with Crippen LogP contribution in [0.25, 0.3) is 5.69 Å². The first-order valence-corrected chi connectivity index (χ1v) is 10.2. The first-order chi connectivity index (χ1) is 13.5. The number of halogens is 1. The lowest BCUT2D eigenvalue weighted by Crippen LogP contribution is -2.36. The molecule has 0 aliphatic carbocycles. The van der Waals surface area contributed by atoms with Crippen molar-refractivity contribution >= 4 is 28.9 Å². The van der Waals surface area contributed by atoms with Crippen LogP contribution in [0.2, 0.25) is 5.02 Å². The van der Waals surface area contributed by atoms with Crippen LogP contribution in [0, 0.1) is 6.92 Å². The van der Waals surface area contributed by atoms with Crippen molar-refractivity contribution in [2.45, 2.75) is 38.9 Å². The summed E-state index contributed by atoms with van der Waals surface area (Å²) in [4.78, 5) is 6.87. The van der Waals surface area contributed by atoms with Crippen molar-refractivity contribution in [2.24, 2.45) is 0 Å². The maximum absolute atomic E-state index is 6.24. The molecule has 0 bridgehead atoms. The van der Waals surface area contributed by atoms with Gasteiger partial charge in [-0.1, -0.05) is 17.7 Å². The molecule has 2 aromatic heterocycles. The van der Waals surface area contributed by atoms with Gasteiger partial charge >= 0.3 is 0 Å². The quantitative estimate of drug-likeness (QED) is 0.598. The minimum Gasteiger partial charge on any atom is -0.352 e. The summed E-state index contributed by atoms with van der Waals surface area (Å²) in [6.45, 7) is 6.36. The van der Waals surface area contributed by atoms with Gasteiger partial charge in [-0.25, -0.2) is 0 Å². The van der Waals surface area contributed by atoms with E-state index >= 15 is 0 Å². The van der Waals surface area contributed by atoms with E-state index in [1.165, 1.54) is 5.69 Å². The maximum Gasteiger partial charge on any atom is 0.170 e. The van der Waals surface area contributed by atoms with Gasteiger partial charge in [0.15, 0.2) is 5.11 Å². The Kier molecular flexibility index (Phi) is 5.13. The maximum atomic E-state index is 6.24. The summed E-state index contributed by atoms with van der Waals surface area (Å²) in [5.74, 6) is 0. The summed E-state index contributed by atoms with van der Waals surface area (Å²) in [5, 5.41) is 5.03. The molecule has 1 N–H and O–H groups in total. The van der Waals surface area contributed by atoms with Gasteiger partial charge in [0.1, 0.15) is 0 Å². The number of rotatable bonds is 4. The minimum absolute atomic E-state index is 0.0156. The smallest absolute Gasteiger partial charge is 0.170 e. The Morgan fingerprint density at radius 3 is 2.64 bits per heavy atom. The van der Waals surface area contributed by atoms with Gasteiger partial charge in [-0.05, 0) is 81.0 Å². The van der Waals surface area contributed by atoms with E-state index in [9.17, 15) is 0 Å². The van der Waals surface area contributed by atoms with Crippen LogP contribution in [0.15, 0.2) is 60.9 Å². The van der Waals surface area contributed by atoms with Crippen molar-refractivity contribution in [1.82, 2.24) is 19.8 Å². The third kappa shape index (κ3) is 3.29. The van der Waals surface area contributed by atoms with Crippen LogP contribution in [-0.4, -0.2) is 25.6 Å². The van der Waals surface area contributed by atoms with E-state index in [0.717, 1.165) is 27.1 Å². The molecule has 28 heavy (non-hydrogen) atoms. The Morgan fingerprint density at radius 1 is 1.14 bits per heavy atom. The molecular formula is C22H23ClN4S. The van der Waals surface area contributed by atoms with Crippen molar-refractivity contribution in [1.29, 1.82) is 0 Å². The molecule has 0 amide bonds. The van der Waals surface area contributed by atoms with Crippen LogP contribution >= 0.6 is 23.8 Å². The summed E-state index contributed by atoms with van der Waals surface area (Å²) in [7, 11) is 0. The first kappa shape index (κ1) is 19.0. The van der Waals surface area contributed by atoms with E-state index in [2.05, 4.69) is 70.1 Å². The van der Waals surface area contributed by atoms with E-state index in [1.54, 1.807) is 0 Å². The highest BCUT2D eigenvalue weighted by molar-refractivity contribution is 7.80. The van der Waals surface area contributed by atoms with Gasteiger partial charge in [-0.3, -0.25) is 4.98 Å². The highest BCUT2D eigenvalue weighted by Gasteiger charge is 2.42. The minimum atomic E-state index is -0.0156. The third-order valence-electron chi connectivity index (χ3n) is 5.19. The predicted octanol–water partition coefficient (Wildman–Crippen LogP) is 5.22. The fourth-order valence-electron chi connectivity index (χ4n) is 3.89. The van der Waals surface area contributed by atoms with Gasteiger partial charge in [-0.15, -0.1) is 0 Å². The molecule has 0 unspecified atom stereocenters. The van der Waals surface area contributed by atoms with Crippen molar-refractivity contribution in [3.8, 4) is 5.69 Å². The fourth-order valence-corrected chi connectivity index (χ4v) is 4.46. The number of thiocarbonyl (C=S) groups is 1. The van der Waals surface area contributed by atoms with E-state index in [1.807, 2.05) is 31.3 Å². The summed E-state index contributed by atoms with van der Waals surface area (Å²) in [5.41, 5.74) is 4.29. The number of hydrogen-bond donors (Lipinski definition) is 1. The zero-order chi connectivity index (χ0) is 19.8. The molecule has 6 heteroatoms. The van der Waals surface area contributed by atoms with Crippen LogP contribution in [0.5, 0.6) is 0 Å². The van der Waals surface area contributed by atoms with Crippen LogP contribution < -0.4 is 5.32 Å². The monoisotopic (exact) mass is 410 g/mol. The number of benzene rings is 1. The molecule has 0 radical (unpaired) electrons. The number of pyridine rings is 1. The van der Waals surface area contributed by atoms with Crippen LogP contribution in [0.1, 0.15) is 42.9 Å². The summed E-state index contributed by atoms with van der Waals surface area (Å²) in [6.07, 6.45) is 3.92. The van der Waals surface area contributed by atoms with Gasteiger partial charge in [0.25, 0.3) is 0 Å². The van der Waals surface area contributed by atoms with Crippen LogP contribution in [0.4, 0.5) is 0 Å². The van der Waals surface area contributed by atoms with Gasteiger partial charge in [0.2, 0.25) is 0 Å². The third-order valence-corrected chi connectivity index (χ3v) is 5.95. The van der Waals surface area contributed by atoms with E-state index in [-0.39, 0.29) is 18.1 Å². The first-order valence-electron chi connectivity index (χ1n) is 9.41. The van der Waals surface area contributed by atoms with E-state index in [4.69, 9.17) is 23.8 Å². The second-order valence-electron chi connectivity index (χ2n) is 7.36. The van der Waals surface area contributed by atoms with E-state index in [0.29, 0.717) is 0 Å². The molecule has 4 rings (SSSR count). The molecule has 1 fully saturated rings. The molecule has 1 aromatic carbocycles. The number of aryl methyl sites for hydroxylation is 1. The zero-order valence-corrected chi connectivity index (χ0v) is 17.7. The predicted molar refractivity (Wildman–Crippen MR) is 118 cm³/mol. The van der Waals surface area contributed by atoms with Gasteiger partial charge in [-0.2, -0.15) is 0 Å². The standard InChI is InChI=1S/C22H23ClN4S/c1-14(2)27-21(20(25-22(27)28)18-7-4-5-11-24-18)19-8-6-12-26(19)16-9-10-17(23)15(3)13-16/h4-14,20-21H,1-3H3,(H,25,28)/t20-,21-/m0/s1. The molecular weight excluding hydrogens is 388 g/mol. The SMILES string of the molecule is Cc1cc(-n2cccc2[C@H]2[C@H](c3ccccn3)NC(=S)N2C(C)C)ccc1Cl. The largest absolute Gasteiger partial charge is 0.352 e. The molecule has 4 nitrogen and oxygen atoms in total. The average molecular weight is 411 g/mol. The summed E-state index contributed by atoms with van der Waals surface area (Å²) in [6, 6.07) is 16.6. The zero-order valence-electron chi connectivity index (χ0n) is 16.1. The Hall–Kier alpha value is -2.37. The summed E-state index contributed by atoms with van der Waals surface area (Å²) < 4.78 is 2.22. The Bertz CT molecular complexity index is 999. The number of nitrogens with zero attached hydrogens (tertiary/aromatic N) is 3. The van der Waals surface area contributed by atoms with Crippen molar-refractivity contribution in [3.05, 3.63) is 82.9 Å². The van der Waals surface area contributed by atoms with Gasteiger partial charge < -0.3 is 14.8 Å². The highest BCUT2D eigenvalue weighted by atomic mass is 35.5. The Balaban J connectivity index is 1.84. The molecule has 3 heterocycles. The van der Waals surface area contributed by atoms with Crippen LogP contribution in [-0.2, 0) is 0 Å². The lowest BCUT2D eigenvalue weighted by Gasteiger charge is -2.31. The summed E-state index contributed by atoms with van der Waals surface area (Å²) >= 11 is 11.9. The molecule has 0 spiro atoms. The topological polar surface area (TPSA) is 33.1 Å². The molecule has 1 saturated heterocycles. The Morgan fingerprint density at radius 2 is 1.96 bits per heavy atom. The molecule has 2 atom stereocenters. The highest BCUT2D eigenvalue weighted by Crippen LogP contribution is 2.40. The lowest BCUT2D eigenvalue weighted by atomic mass is 10.0. The molecule has 1 aliphatic rings. The van der Waals surface area contributed by atoms with Crippen molar-refractivity contribution < 1.29 is 0 Å². The second kappa shape index (κ2) is 7.57. The normalized spacial score (nSPS) is 19.3. The van der Waals surface area contributed by atoms with Gasteiger partial charge in [0, 0.05) is 34.8 Å². The number of hydrogen-bond acceptors (Lipinski definition) is 2. The second-order valence-corrected chi connectivity index (χ2v) is 8.16. The van der Waals surface area contributed by atoms with Crippen molar-refractivity contribution in [3.63, 3.8) is 0 Å². The van der Waals surface area contributed by atoms with Crippen LogP contribution in [0.3, 0.4) is 0 Å². The fraction of sp³-hybridized carbons (Fsp3) is 0.273. The Labute approximate surface area is 176 Å². The molecule has 0 saturated carbocycles. The molecule has 3 aromatic rings. The van der Waals surface area contributed by atoms with Gasteiger partial charge in [0.05, 0.1) is 17.8 Å². The lowest BCUT2D eigenvalue weighted by molar-refractivity contribution is 0.262. The van der Waals surface area contributed by atoms with Crippen molar-refractivity contribution in [2.75, 3.05) is 0 Å². The van der Waals surface area contributed by atoms with E-state index < -0.39 is 0 Å². The average Bonchev–Trinajstić information content (AvgIpc) is 3.28.